The van der Waals surface area contributed by atoms with Crippen molar-refractivity contribution in [3.63, 3.8) is 0 Å². The van der Waals surface area contributed by atoms with E-state index in [4.69, 9.17) is 5.73 Å². The van der Waals surface area contributed by atoms with Crippen molar-refractivity contribution < 1.29 is 0 Å². The highest BCUT2D eigenvalue weighted by molar-refractivity contribution is 5.86. The van der Waals surface area contributed by atoms with E-state index < -0.39 is 0 Å². The van der Waals surface area contributed by atoms with Crippen molar-refractivity contribution in [2.75, 3.05) is 13.1 Å². The zero-order valence-electron chi connectivity index (χ0n) is 15.9. The minimum absolute atomic E-state index is 0.206. The normalized spacial score (nSPS) is 22.5. The molecule has 0 radical (unpaired) electrons. The molecule has 0 spiro atoms. The quantitative estimate of drug-likeness (QED) is 0.376. The average molecular weight is 374 g/mol. The Morgan fingerprint density at radius 3 is 2.71 bits per heavy atom. The Balaban J connectivity index is 1.35. The summed E-state index contributed by atoms with van der Waals surface area (Å²) in [5, 5.41) is 6.79. The first-order valence-corrected chi connectivity index (χ1v) is 9.91. The van der Waals surface area contributed by atoms with Crippen molar-refractivity contribution >= 4 is 5.84 Å². The lowest BCUT2D eigenvalue weighted by atomic mass is 10.1. The van der Waals surface area contributed by atoms with Crippen LogP contribution in [0.15, 0.2) is 47.7 Å². The lowest BCUT2D eigenvalue weighted by Gasteiger charge is -2.06. The van der Waals surface area contributed by atoms with Crippen LogP contribution in [0, 0.1) is 11.8 Å². The number of H-pyrrole nitrogens is 1. The van der Waals surface area contributed by atoms with E-state index >= 15 is 0 Å². The summed E-state index contributed by atoms with van der Waals surface area (Å²) in [6, 6.07) is 8.73. The summed E-state index contributed by atoms with van der Waals surface area (Å²) in [6.45, 7) is 2.08. The number of amidine groups is 1. The van der Waals surface area contributed by atoms with Gasteiger partial charge in [0.2, 0.25) is 0 Å². The van der Waals surface area contributed by atoms with E-state index in [-0.39, 0.29) is 6.04 Å². The monoisotopic (exact) mass is 374 g/mol. The molecule has 2 aromatic rings. The Bertz CT molecular complexity index is 900. The van der Waals surface area contributed by atoms with Crippen LogP contribution >= 0.6 is 0 Å². The Morgan fingerprint density at radius 2 is 1.96 bits per heavy atom. The maximum atomic E-state index is 5.96. The third kappa shape index (κ3) is 4.50. The first-order chi connectivity index (χ1) is 13.8. The molecule has 1 aromatic carbocycles. The van der Waals surface area contributed by atoms with Gasteiger partial charge in [-0.25, -0.2) is 9.98 Å². The maximum absolute atomic E-state index is 5.96. The largest absolute Gasteiger partial charge is 0.386 e. The molecule has 2 aliphatic heterocycles. The van der Waals surface area contributed by atoms with Gasteiger partial charge in [0.15, 0.2) is 0 Å². The number of aliphatic imine (C=N–C) groups is 1. The first-order valence-electron chi connectivity index (χ1n) is 9.91. The summed E-state index contributed by atoms with van der Waals surface area (Å²) in [5.74, 6) is 7.78. The number of hydrogen-bond donors (Lipinski definition) is 4. The molecular weight excluding hydrogens is 348 g/mol. The second-order valence-corrected chi connectivity index (χ2v) is 7.20. The molecule has 144 valence electrons. The van der Waals surface area contributed by atoms with Crippen LogP contribution in [0.3, 0.4) is 0 Å². The molecule has 4 rings (SSSR count). The lowest BCUT2D eigenvalue weighted by Crippen LogP contribution is -2.36. The molecule has 0 amide bonds. The minimum atomic E-state index is 0.206. The number of rotatable bonds is 4. The number of aromatic amines is 1. The van der Waals surface area contributed by atoms with Gasteiger partial charge in [0, 0.05) is 17.8 Å². The van der Waals surface area contributed by atoms with E-state index in [1.54, 1.807) is 12.3 Å². The molecule has 2 aliphatic rings. The minimum Gasteiger partial charge on any atom is -0.386 e. The van der Waals surface area contributed by atoms with Crippen LogP contribution in [0.2, 0.25) is 0 Å². The fraction of sp³-hybridized carbons (Fsp3) is 0.364. The van der Waals surface area contributed by atoms with Crippen LogP contribution in [0.25, 0.3) is 11.3 Å². The first kappa shape index (κ1) is 18.5. The standard InChI is InChI=1S/C22H26N6/c23-21(18-6-3-13-24-18)26-12-2-1-5-16-8-10-17(11-9-16)20-15-27-22(28-20)19-7-4-14-25-19/h2,8-12,15,18-19,24-25H,3-4,6-7,13-14H2,(H2,23,26)(H,27,28)/b12-2+/t18-,19-/m0/s1. The van der Waals surface area contributed by atoms with Gasteiger partial charge < -0.3 is 21.4 Å². The molecule has 6 heteroatoms. The third-order valence-corrected chi connectivity index (χ3v) is 5.20. The number of imidazole rings is 1. The Kier molecular flexibility index (Phi) is 5.86. The molecule has 1 aromatic heterocycles. The highest BCUT2D eigenvalue weighted by Gasteiger charge is 2.19. The van der Waals surface area contributed by atoms with Crippen molar-refractivity contribution in [2.24, 2.45) is 10.7 Å². The number of nitrogens with zero attached hydrogens (tertiary/aromatic N) is 2. The maximum Gasteiger partial charge on any atom is 0.123 e. The number of aromatic nitrogens is 2. The molecule has 0 unspecified atom stereocenters. The summed E-state index contributed by atoms with van der Waals surface area (Å²) in [7, 11) is 0. The summed E-state index contributed by atoms with van der Waals surface area (Å²) in [6.07, 6.45) is 9.85. The lowest BCUT2D eigenvalue weighted by molar-refractivity contribution is 0.613. The number of benzene rings is 1. The molecule has 2 saturated heterocycles. The number of hydrogen-bond acceptors (Lipinski definition) is 4. The van der Waals surface area contributed by atoms with Crippen molar-refractivity contribution in [1.29, 1.82) is 0 Å². The van der Waals surface area contributed by atoms with Gasteiger partial charge in [-0.3, -0.25) is 0 Å². The van der Waals surface area contributed by atoms with Gasteiger partial charge in [-0.05, 0) is 56.5 Å². The van der Waals surface area contributed by atoms with Crippen molar-refractivity contribution in [3.05, 3.63) is 54.1 Å². The highest BCUT2D eigenvalue weighted by atomic mass is 15.0. The van der Waals surface area contributed by atoms with Gasteiger partial charge in [-0.15, -0.1) is 0 Å². The predicted molar refractivity (Wildman–Crippen MR) is 113 cm³/mol. The third-order valence-electron chi connectivity index (χ3n) is 5.20. The highest BCUT2D eigenvalue weighted by Crippen LogP contribution is 2.24. The fourth-order valence-corrected chi connectivity index (χ4v) is 3.62. The van der Waals surface area contributed by atoms with Crippen LogP contribution in [0.5, 0.6) is 0 Å². The number of nitrogens with two attached hydrogens (primary N) is 1. The summed E-state index contributed by atoms with van der Waals surface area (Å²) in [4.78, 5) is 12.2. The van der Waals surface area contributed by atoms with Gasteiger partial charge in [-0.2, -0.15) is 0 Å². The molecule has 2 atom stereocenters. The van der Waals surface area contributed by atoms with Crippen LogP contribution in [-0.4, -0.2) is 34.9 Å². The molecule has 5 N–H and O–H groups in total. The van der Waals surface area contributed by atoms with E-state index in [9.17, 15) is 0 Å². The Morgan fingerprint density at radius 1 is 1.14 bits per heavy atom. The summed E-state index contributed by atoms with van der Waals surface area (Å²) in [5.41, 5.74) is 9.07. The van der Waals surface area contributed by atoms with E-state index in [0.717, 1.165) is 55.0 Å². The SMILES string of the molecule is NC(=N/C=C/C#Cc1ccc(-c2cnc([C@@H]3CCCN3)[nH]2)cc1)[C@@H]1CCCN1. The molecule has 6 nitrogen and oxygen atoms in total. The zero-order chi connectivity index (χ0) is 19.2. The fourth-order valence-electron chi connectivity index (χ4n) is 3.62. The number of allylic oxidation sites excluding steroid dienone is 1. The van der Waals surface area contributed by atoms with Crippen LogP contribution in [-0.2, 0) is 0 Å². The van der Waals surface area contributed by atoms with Crippen LogP contribution < -0.4 is 16.4 Å². The molecule has 0 saturated carbocycles. The number of nitrogens with one attached hydrogen (secondary N) is 3. The van der Waals surface area contributed by atoms with Gasteiger partial charge in [-0.1, -0.05) is 24.0 Å². The van der Waals surface area contributed by atoms with Crippen molar-refractivity contribution in [3.8, 4) is 23.1 Å². The van der Waals surface area contributed by atoms with Gasteiger partial charge in [0.05, 0.1) is 24.0 Å². The second-order valence-electron chi connectivity index (χ2n) is 7.20. The smallest absolute Gasteiger partial charge is 0.123 e. The van der Waals surface area contributed by atoms with Crippen molar-refractivity contribution in [1.82, 2.24) is 20.6 Å². The van der Waals surface area contributed by atoms with E-state index in [1.807, 2.05) is 18.3 Å². The van der Waals surface area contributed by atoms with Gasteiger partial charge in [0.25, 0.3) is 0 Å². The topological polar surface area (TPSA) is 91.1 Å². The Labute approximate surface area is 165 Å². The molecule has 3 heterocycles. The molecule has 0 aliphatic carbocycles. The second kappa shape index (κ2) is 8.87. The summed E-state index contributed by atoms with van der Waals surface area (Å²) >= 11 is 0. The van der Waals surface area contributed by atoms with Crippen LogP contribution in [0.4, 0.5) is 0 Å². The van der Waals surface area contributed by atoms with E-state index in [0.29, 0.717) is 11.9 Å². The van der Waals surface area contributed by atoms with Gasteiger partial charge in [0.1, 0.15) is 11.7 Å². The molecular formula is C22H26N6. The summed E-state index contributed by atoms with van der Waals surface area (Å²) < 4.78 is 0. The zero-order valence-corrected chi connectivity index (χ0v) is 15.9. The molecule has 2 fully saturated rings. The van der Waals surface area contributed by atoms with E-state index in [2.05, 4.69) is 49.6 Å². The van der Waals surface area contributed by atoms with Crippen LogP contribution in [0.1, 0.15) is 43.1 Å². The molecule has 28 heavy (non-hydrogen) atoms. The van der Waals surface area contributed by atoms with E-state index in [1.165, 1.54) is 6.42 Å². The average Bonchev–Trinajstić information content (AvgIpc) is 3.50. The Hall–Kier alpha value is -2.88. The predicted octanol–water partition coefficient (Wildman–Crippen LogP) is 2.48. The molecule has 0 bridgehead atoms. The van der Waals surface area contributed by atoms with Gasteiger partial charge >= 0.3 is 0 Å². The van der Waals surface area contributed by atoms with Crippen molar-refractivity contribution in [2.45, 2.75) is 37.8 Å².